The van der Waals surface area contributed by atoms with Crippen molar-refractivity contribution in [3.05, 3.63) is 42.0 Å². The molecular weight excluding hydrogens is 208 g/mol. The molecule has 0 saturated carbocycles. The third-order valence-corrected chi connectivity index (χ3v) is 2.99. The zero-order valence-corrected chi connectivity index (χ0v) is 9.41. The van der Waals surface area contributed by atoms with Crippen LogP contribution in [0, 0.1) is 0 Å². The fraction of sp³-hybridized carbons (Fsp3) is 0.250. The van der Waals surface area contributed by atoms with Crippen molar-refractivity contribution in [1.82, 2.24) is 0 Å². The number of carboxylic acids is 1. The van der Waals surface area contributed by atoms with E-state index in [9.17, 15) is 4.79 Å². The van der Waals surface area contributed by atoms with Gasteiger partial charge in [-0.3, -0.25) is 4.79 Å². The largest absolute Gasteiger partial charge is 0.480 e. The average Bonchev–Trinajstić information content (AvgIpc) is 2.25. The van der Waals surface area contributed by atoms with Gasteiger partial charge in [0.25, 0.3) is 0 Å². The summed E-state index contributed by atoms with van der Waals surface area (Å²) in [5.74, 6) is -0.0318. The van der Waals surface area contributed by atoms with Crippen molar-refractivity contribution in [2.24, 2.45) is 0 Å². The monoisotopic (exact) mass is 222 g/mol. The van der Waals surface area contributed by atoms with Crippen LogP contribution in [-0.2, 0) is 4.79 Å². The third kappa shape index (κ3) is 4.70. The van der Waals surface area contributed by atoms with Crippen molar-refractivity contribution in [2.45, 2.75) is 12.2 Å². The van der Waals surface area contributed by atoms with Gasteiger partial charge in [0.1, 0.15) is 0 Å². The van der Waals surface area contributed by atoms with Crippen LogP contribution in [0.15, 0.2) is 36.4 Å². The van der Waals surface area contributed by atoms with Gasteiger partial charge in [-0.05, 0) is 12.5 Å². The number of carboxylic acid groups (broad SMARTS) is 1. The molecule has 0 aliphatic carbocycles. The van der Waals surface area contributed by atoms with Gasteiger partial charge in [0.2, 0.25) is 0 Å². The van der Waals surface area contributed by atoms with Crippen LogP contribution in [-0.4, -0.2) is 22.1 Å². The maximum Gasteiger partial charge on any atom is 0.316 e. The fourth-order valence-electron chi connectivity index (χ4n) is 1.02. The summed E-state index contributed by atoms with van der Waals surface area (Å²) in [5, 5.41) is 8.31. The Labute approximate surface area is 94.0 Å². The lowest BCUT2D eigenvalue weighted by Crippen LogP contribution is -2.11. The zero-order chi connectivity index (χ0) is 11.1. The number of carbonyl (C=O) groups is 1. The molecule has 2 nitrogen and oxygen atoms in total. The molecule has 0 radical (unpaired) electrons. The third-order valence-electron chi connectivity index (χ3n) is 1.90. The minimum atomic E-state index is -0.756. The van der Waals surface area contributed by atoms with Gasteiger partial charge in [-0.25, -0.2) is 0 Å². The minimum Gasteiger partial charge on any atom is -0.480 e. The van der Waals surface area contributed by atoms with Gasteiger partial charge in [-0.1, -0.05) is 42.5 Å². The molecule has 1 aromatic carbocycles. The van der Waals surface area contributed by atoms with Crippen molar-refractivity contribution >= 4 is 23.8 Å². The van der Waals surface area contributed by atoms with Crippen LogP contribution in [0.1, 0.15) is 12.5 Å². The van der Waals surface area contributed by atoms with E-state index in [0.29, 0.717) is 0 Å². The molecule has 0 spiro atoms. The Bertz CT molecular complexity index is 333. The van der Waals surface area contributed by atoms with Gasteiger partial charge in [-0.15, -0.1) is 11.8 Å². The van der Waals surface area contributed by atoms with E-state index in [1.807, 2.05) is 42.5 Å². The number of hydrogen-bond donors (Lipinski definition) is 1. The second-order valence-corrected chi connectivity index (χ2v) is 4.50. The molecule has 1 aromatic rings. The molecular formula is C12H14O2S. The van der Waals surface area contributed by atoms with E-state index in [1.165, 1.54) is 11.8 Å². The summed E-state index contributed by atoms with van der Waals surface area (Å²) in [6.07, 6.45) is 3.99. The second kappa shape index (κ2) is 6.30. The van der Waals surface area contributed by atoms with Crippen LogP contribution in [0.3, 0.4) is 0 Å². The lowest BCUT2D eigenvalue weighted by molar-refractivity contribution is -0.136. The van der Waals surface area contributed by atoms with Crippen LogP contribution < -0.4 is 0 Å². The lowest BCUT2D eigenvalue weighted by atomic mass is 10.2. The molecule has 1 atom stereocenters. The lowest BCUT2D eigenvalue weighted by Gasteiger charge is -2.01. The maximum absolute atomic E-state index is 10.5. The number of benzene rings is 1. The van der Waals surface area contributed by atoms with Crippen LogP contribution >= 0.6 is 11.8 Å². The molecule has 0 aliphatic rings. The Hall–Kier alpha value is -1.22. The van der Waals surface area contributed by atoms with Crippen LogP contribution in [0.25, 0.3) is 6.08 Å². The highest BCUT2D eigenvalue weighted by molar-refractivity contribution is 8.00. The molecule has 1 unspecified atom stereocenters. The molecule has 0 amide bonds. The van der Waals surface area contributed by atoms with E-state index < -0.39 is 5.97 Å². The number of rotatable bonds is 5. The molecule has 1 rings (SSSR count). The summed E-state index contributed by atoms with van der Waals surface area (Å²) in [7, 11) is 0. The summed E-state index contributed by atoms with van der Waals surface area (Å²) in [6.45, 7) is 1.70. The molecule has 0 bridgehead atoms. The van der Waals surface area contributed by atoms with Crippen molar-refractivity contribution in [3.63, 3.8) is 0 Å². The topological polar surface area (TPSA) is 37.3 Å². The average molecular weight is 222 g/mol. The normalized spacial score (nSPS) is 12.9. The first-order valence-corrected chi connectivity index (χ1v) is 5.81. The predicted molar refractivity (Wildman–Crippen MR) is 65.0 cm³/mol. The minimum absolute atomic E-state index is 0.342. The Balaban J connectivity index is 2.32. The van der Waals surface area contributed by atoms with E-state index in [0.717, 1.165) is 11.3 Å². The van der Waals surface area contributed by atoms with Crippen LogP contribution in [0.4, 0.5) is 0 Å². The Morgan fingerprint density at radius 2 is 2.13 bits per heavy atom. The molecule has 0 aliphatic heterocycles. The van der Waals surface area contributed by atoms with E-state index in [1.54, 1.807) is 6.92 Å². The molecule has 80 valence electrons. The molecule has 1 N–H and O–H groups in total. The molecule has 0 heterocycles. The van der Waals surface area contributed by atoms with Gasteiger partial charge >= 0.3 is 5.97 Å². The maximum atomic E-state index is 10.5. The van der Waals surface area contributed by atoms with Gasteiger partial charge in [0.05, 0.1) is 5.25 Å². The summed E-state index contributed by atoms with van der Waals surface area (Å²) >= 11 is 1.42. The summed E-state index contributed by atoms with van der Waals surface area (Å²) in [6, 6.07) is 9.96. The Kier molecular flexibility index (Phi) is 4.98. The van der Waals surface area contributed by atoms with Crippen molar-refractivity contribution in [1.29, 1.82) is 0 Å². The standard InChI is InChI=1S/C12H14O2S/c1-10(12(13)14)15-9-5-8-11-6-3-2-4-7-11/h2-8,10H,9H2,1H3,(H,13,14)/b8-5+. The van der Waals surface area contributed by atoms with E-state index in [-0.39, 0.29) is 5.25 Å². The van der Waals surface area contributed by atoms with Crippen LogP contribution in [0.5, 0.6) is 0 Å². The summed E-state index contributed by atoms with van der Waals surface area (Å²) in [5.41, 5.74) is 1.14. The van der Waals surface area contributed by atoms with Gasteiger partial charge in [-0.2, -0.15) is 0 Å². The number of thioether (sulfide) groups is 1. The quantitative estimate of drug-likeness (QED) is 0.832. The Morgan fingerprint density at radius 3 is 2.73 bits per heavy atom. The first-order valence-electron chi connectivity index (χ1n) is 4.76. The molecule has 0 fully saturated rings. The fourth-order valence-corrected chi connectivity index (χ4v) is 1.66. The van der Waals surface area contributed by atoms with Gasteiger partial charge < -0.3 is 5.11 Å². The highest BCUT2D eigenvalue weighted by Crippen LogP contribution is 2.11. The molecule has 3 heteroatoms. The first kappa shape index (κ1) is 11.9. The van der Waals surface area contributed by atoms with Crippen molar-refractivity contribution < 1.29 is 9.90 Å². The number of hydrogen-bond acceptors (Lipinski definition) is 2. The van der Waals surface area contributed by atoms with E-state index in [4.69, 9.17) is 5.11 Å². The smallest absolute Gasteiger partial charge is 0.316 e. The van der Waals surface area contributed by atoms with E-state index >= 15 is 0 Å². The second-order valence-electron chi connectivity index (χ2n) is 3.13. The van der Waals surface area contributed by atoms with Gasteiger partial charge in [0, 0.05) is 5.75 Å². The van der Waals surface area contributed by atoms with Gasteiger partial charge in [0.15, 0.2) is 0 Å². The van der Waals surface area contributed by atoms with E-state index in [2.05, 4.69) is 0 Å². The summed E-state index contributed by atoms with van der Waals surface area (Å²) < 4.78 is 0. The molecule has 0 saturated heterocycles. The summed E-state index contributed by atoms with van der Waals surface area (Å²) in [4.78, 5) is 10.5. The van der Waals surface area contributed by atoms with Crippen LogP contribution in [0.2, 0.25) is 0 Å². The SMILES string of the molecule is CC(SC/C=C/c1ccccc1)C(=O)O. The highest BCUT2D eigenvalue weighted by Gasteiger charge is 2.08. The molecule has 0 aromatic heterocycles. The molecule has 15 heavy (non-hydrogen) atoms. The Morgan fingerprint density at radius 1 is 1.47 bits per heavy atom. The number of aliphatic carboxylic acids is 1. The first-order chi connectivity index (χ1) is 7.20. The van der Waals surface area contributed by atoms with Crippen molar-refractivity contribution in [3.8, 4) is 0 Å². The van der Waals surface area contributed by atoms with Crippen molar-refractivity contribution in [2.75, 3.05) is 5.75 Å². The predicted octanol–water partition coefficient (Wildman–Crippen LogP) is 2.91. The highest BCUT2D eigenvalue weighted by atomic mass is 32.2. The zero-order valence-electron chi connectivity index (χ0n) is 8.59.